The van der Waals surface area contributed by atoms with Crippen molar-refractivity contribution in [3.63, 3.8) is 0 Å². The Morgan fingerprint density at radius 1 is 1.46 bits per heavy atom. The third-order valence-corrected chi connectivity index (χ3v) is 4.51. The van der Waals surface area contributed by atoms with E-state index < -0.39 is 0 Å². The molecule has 3 aromatic rings. The van der Waals surface area contributed by atoms with Crippen LogP contribution in [0.1, 0.15) is 12.5 Å². The summed E-state index contributed by atoms with van der Waals surface area (Å²) in [4.78, 5) is 22.2. The zero-order valence-electron chi connectivity index (χ0n) is 13.1. The highest BCUT2D eigenvalue weighted by atomic mass is 16.3. The van der Waals surface area contributed by atoms with Crippen LogP contribution in [-0.2, 0) is 4.79 Å². The molecule has 24 heavy (non-hydrogen) atoms. The van der Waals surface area contributed by atoms with Crippen molar-refractivity contribution in [2.45, 2.75) is 12.5 Å². The molecule has 7 heteroatoms. The van der Waals surface area contributed by atoms with E-state index in [0.29, 0.717) is 18.9 Å². The van der Waals surface area contributed by atoms with Crippen LogP contribution in [0.25, 0.3) is 22.2 Å². The lowest BCUT2D eigenvalue weighted by Crippen LogP contribution is -2.27. The second-order valence-corrected chi connectivity index (χ2v) is 5.85. The van der Waals surface area contributed by atoms with Crippen molar-refractivity contribution >= 4 is 22.8 Å². The summed E-state index contributed by atoms with van der Waals surface area (Å²) in [5.74, 6) is 0.394. The molecule has 3 aromatic heterocycles. The molecule has 7 nitrogen and oxygen atoms in total. The van der Waals surface area contributed by atoms with Crippen molar-refractivity contribution in [3.05, 3.63) is 43.8 Å². The third kappa shape index (κ3) is 2.17. The van der Waals surface area contributed by atoms with Gasteiger partial charge in [-0.3, -0.25) is 4.79 Å². The van der Waals surface area contributed by atoms with Gasteiger partial charge in [0.05, 0.1) is 24.0 Å². The summed E-state index contributed by atoms with van der Waals surface area (Å²) in [6.07, 6.45) is 9.00. The van der Waals surface area contributed by atoms with Gasteiger partial charge < -0.3 is 19.6 Å². The minimum absolute atomic E-state index is 0.0434. The summed E-state index contributed by atoms with van der Waals surface area (Å²) in [7, 11) is 0. The first-order valence-electron chi connectivity index (χ1n) is 7.74. The number of amides is 1. The Morgan fingerprint density at radius 3 is 3.08 bits per heavy atom. The number of rotatable bonds is 3. The molecular formula is C17H17N5O2. The highest BCUT2D eigenvalue weighted by Crippen LogP contribution is 2.36. The van der Waals surface area contributed by atoms with Gasteiger partial charge in [0.25, 0.3) is 0 Å². The molecule has 1 aliphatic heterocycles. The molecule has 4 rings (SSSR count). The van der Waals surface area contributed by atoms with Crippen molar-refractivity contribution < 1.29 is 9.21 Å². The lowest BCUT2D eigenvalue weighted by molar-refractivity contribution is -0.125. The molecule has 1 aliphatic rings. The van der Waals surface area contributed by atoms with Crippen LogP contribution in [0.4, 0.5) is 5.82 Å². The number of nitrogens with two attached hydrogens (primary N) is 1. The Morgan fingerprint density at radius 2 is 2.33 bits per heavy atom. The fourth-order valence-electron chi connectivity index (χ4n) is 3.32. The highest BCUT2D eigenvalue weighted by Gasteiger charge is 2.28. The van der Waals surface area contributed by atoms with Gasteiger partial charge >= 0.3 is 0 Å². The normalized spacial score (nSPS) is 17.5. The Bertz CT molecular complexity index is 913. The quantitative estimate of drug-likeness (QED) is 0.747. The summed E-state index contributed by atoms with van der Waals surface area (Å²) in [6.45, 7) is 4.89. The first-order chi connectivity index (χ1) is 11.7. The number of likely N-dealkylation sites (tertiary alicyclic amines) is 1. The zero-order chi connectivity index (χ0) is 16.7. The monoisotopic (exact) mass is 323 g/mol. The SMILES string of the molecule is C=CC(=O)N1CCC(n2cc(-c3ccoc3)c3c(N)ncnc32)C1. The van der Waals surface area contributed by atoms with Gasteiger partial charge in [-0.05, 0) is 18.6 Å². The number of aromatic nitrogens is 3. The summed E-state index contributed by atoms with van der Waals surface area (Å²) in [5, 5.41) is 0.812. The average molecular weight is 323 g/mol. The molecular weight excluding hydrogens is 306 g/mol. The second-order valence-electron chi connectivity index (χ2n) is 5.85. The Balaban J connectivity index is 1.81. The maximum absolute atomic E-state index is 11.8. The zero-order valence-corrected chi connectivity index (χ0v) is 13.1. The van der Waals surface area contributed by atoms with Crippen LogP contribution < -0.4 is 5.73 Å². The minimum atomic E-state index is -0.0434. The van der Waals surface area contributed by atoms with Crippen LogP contribution in [0, 0.1) is 0 Å². The van der Waals surface area contributed by atoms with Gasteiger partial charge in [0.1, 0.15) is 17.8 Å². The standard InChI is InChI=1S/C17H17N5O2/c1-2-14(23)21-5-3-12(7-21)22-8-13(11-4-6-24-9-11)15-16(18)19-10-20-17(15)22/h2,4,6,8-10,12H,1,3,5,7H2,(H2,18,19,20). The molecule has 122 valence electrons. The number of nitrogen functional groups attached to an aromatic ring is 1. The molecule has 1 atom stereocenters. The van der Waals surface area contributed by atoms with E-state index >= 15 is 0 Å². The fraction of sp³-hybridized carbons (Fsp3) is 0.235. The van der Waals surface area contributed by atoms with E-state index in [1.807, 2.05) is 12.3 Å². The molecule has 0 spiro atoms. The molecule has 1 fully saturated rings. The molecule has 0 saturated carbocycles. The minimum Gasteiger partial charge on any atom is -0.472 e. The molecule has 1 saturated heterocycles. The number of nitrogens with zero attached hydrogens (tertiary/aromatic N) is 4. The molecule has 1 unspecified atom stereocenters. The van der Waals surface area contributed by atoms with Crippen LogP contribution in [0.2, 0.25) is 0 Å². The van der Waals surface area contributed by atoms with Crippen LogP contribution in [0.3, 0.4) is 0 Å². The summed E-state index contributed by atoms with van der Waals surface area (Å²) >= 11 is 0. The van der Waals surface area contributed by atoms with Crippen LogP contribution >= 0.6 is 0 Å². The van der Waals surface area contributed by atoms with Crippen molar-refractivity contribution in [3.8, 4) is 11.1 Å². The highest BCUT2D eigenvalue weighted by molar-refractivity contribution is 6.00. The molecule has 2 N–H and O–H groups in total. The number of hydrogen-bond donors (Lipinski definition) is 1. The Labute approximate surface area is 138 Å². The molecule has 1 amide bonds. The fourth-order valence-corrected chi connectivity index (χ4v) is 3.32. The summed E-state index contributed by atoms with van der Waals surface area (Å²) < 4.78 is 7.29. The van der Waals surface area contributed by atoms with E-state index in [1.165, 1.54) is 12.4 Å². The topological polar surface area (TPSA) is 90.2 Å². The van der Waals surface area contributed by atoms with E-state index in [4.69, 9.17) is 10.2 Å². The number of hydrogen-bond acceptors (Lipinski definition) is 5. The number of carbonyl (C=O) groups is 1. The van der Waals surface area contributed by atoms with Crippen molar-refractivity contribution in [2.24, 2.45) is 0 Å². The van der Waals surface area contributed by atoms with Gasteiger partial charge in [-0.15, -0.1) is 0 Å². The predicted octanol–water partition coefficient (Wildman–Crippen LogP) is 2.23. The van der Waals surface area contributed by atoms with Gasteiger partial charge in [-0.2, -0.15) is 0 Å². The van der Waals surface area contributed by atoms with E-state index in [2.05, 4.69) is 21.1 Å². The van der Waals surface area contributed by atoms with Gasteiger partial charge in [0.2, 0.25) is 5.91 Å². The molecule has 0 aromatic carbocycles. The van der Waals surface area contributed by atoms with E-state index in [9.17, 15) is 4.79 Å². The second kappa shape index (κ2) is 5.52. The number of carbonyl (C=O) groups excluding carboxylic acids is 1. The van der Waals surface area contributed by atoms with E-state index in [0.717, 1.165) is 28.6 Å². The third-order valence-electron chi connectivity index (χ3n) is 4.51. The van der Waals surface area contributed by atoms with Crippen molar-refractivity contribution in [1.29, 1.82) is 0 Å². The summed E-state index contributed by atoms with van der Waals surface area (Å²) in [6, 6.07) is 2.03. The number of fused-ring (bicyclic) bond motifs is 1. The Hall–Kier alpha value is -3.09. The lowest BCUT2D eigenvalue weighted by Gasteiger charge is -2.15. The van der Waals surface area contributed by atoms with Crippen LogP contribution in [0.5, 0.6) is 0 Å². The van der Waals surface area contributed by atoms with E-state index in [-0.39, 0.29) is 11.9 Å². The maximum atomic E-state index is 11.8. The van der Waals surface area contributed by atoms with Crippen molar-refractivity contribution in [2.75, 3.05) is 18.8 Å². The molecule has 0 aliphatic carbocycles. The van der Waals surface area contributed by atoms with Gasteiger partial charge in [0.15, 0.2) is 0 Å². The van der Waals surface area contributed by atoms with Gasteiger partial charge in [-0.25, -0.2) is 9.97 Å². The number of anilines is 1. The Kier molecular flexibility index (Phi) is 3.34. The first-order valence-corrected chi connectivity index (χ1v) is 7.74. The average Bonchev–Trinajstić information content (AvgIpc) is 3.32. The van der Waals surface area contributed by atoms with E-state index in [1.54, 1.807) is 17.4 Å². The smallest absolute Gasteiger partial charge is 0.246 e. The first kappa shape index (κ1) is 14.5. The molecule has 4 heterocycles. The predicted molar refractivity (Wildman–Crippen MR) is 90.1 cm³/mol. The van der Waals surface area contributed by atoms with Gasteiger partial charge in [0, 0.05) is 30.4 Å². The van der Waals surface area contributed by atoms with Crippen molar-refractivity contribution in [1.82, 2.24) is 19.4 Å². The maximum Gasteiger partial charge on any atom is 0.246 e. The largest absolute Gasteiger partial charge is 0.472 e. The number of furan rings is 1. The molecule has 0 radical (unpaired) electrons. The van der Waals surface area contributed by atoms with Crippen LogP contribution in [0.15, 0.2) is 48.2 Å². The summed E-state index contributed by atoms with van der Waals surface area (Å²) in [5.41, 5.74) is 8.74. The molecule has 0 bridgehead atoms. The van der Waals surface area contributed by atoms with Gasteiger partial charge in [-0.1, -0.05) is 6.58 Å². The lowest BCUT2D eigenvalue weighted by atomic mass is 10.1. The van der Waals surface area contributed by atoms with Crippen LogP contribution in [-0.4, -0.2) is 38.4 Å².